The van der Waals surface area contributed by atoms with Gasteiger partial charge in [-0.2, -0.15) is 0 Å². The van der Waals surface area contributed by atoms with Crippen molar-refractivity contribution in [3.8, 4) is 0 Å². The van der Waals surface area contributed by atoms with Gasteiger partial charge in [-0.1, -0.05) is 11.6 Å². The number of nitrogens with one attached hydrogen (secondary N) is 1. The third-order valence-electron chi connectivity index (χ3n) is 5.77. The van der Waals surface area contributed by atoms with E-state index in [1.807, 2.05) is 5.32 Å². The number of rotatable bonds is 4. The summed E-state index contributed by atoms with van der Waals surface area (Å²) in [5.74, 6) is -23.7. The molecule has 0 radical (unpaired) electrons. The topological polar surface area (TPSA) is 35.6 Å². The van der Waals surface area contributed by atoms with E-state index < -0.39 is 75.3 Å². The fraction of sp³-hybridized carbons (Fsp3) is 0.174. The maximum Gasteiger partial charge on any atom is 0.261 e. The Hall–Kier alpha value is -3.68. The maximum atomic E-state index is 14.1. The molecule has 0 saturated carbocycles. The van der Waals surface area contributed by atoms with Crippen LogP contribution in [0.15, 0.2) is 18.2 Å². The fourth-order valence-corrected chi connectivity index (χ4v) is 4.18. The van der Waals surface area contributed by atoms with Crippen molar-refractivity contribution in [3.05, 3.63) is 87.0 Å². The summed E-state index contributed by atoms with van der Waals surface area (Å²) in [6, 6.07) is 3.63. The molecule has 38 heavy (non-hydrogen) atoms. The molecule has 15 heteroatoms. The Bertz CT molecular complexity index is 1400. The van der Waals surface area contributed by atoms with E-state index in [0.717, 1.165) is 11.0 Å². The Balaban J connectivity index is 1.50. The van der Waals surface area contributed by atoms with Gasteiger partial charge in [0.2, 0.25) is 11.6 Å². The number of hydrogen-bond donors (Lipinski definition) is 1. The zero-order chi connectivity index (χ0) is 28.0. The van der Waals surface area contributed by atoms with Crippen LogP contribution in [-0.2, 0) is 0 Å². The standard InChI is InChI=1S/C23H12ClF10N3O/c24-9-7-8(35-23(38)11-12(25)14(27)16(29)15(28)13(11)26)1-2-10(9)36-3-5-37(6-4-36)22-20(33)18(31)17(30)19(32)21(22)34/h1-2,7H,3-6H2,(H,35,38). The van der Waals surface area contributed by atoms with Crippen LogP contribution in [0.5, 0.6) is 0 Å². The van der Waals surface area contributed by atoms with Crippen LogP contribution < -0.4 is 15.1 Å². The van der Waals surface area contributed by atoms with Crippen LogP contribution in [0.2, 0.25) is 5.02 Å². The van der Waals surface area contributed by atoms with Gasteiger partial charge in [0.05, 0.1) is 10.7 Å². The maximum absolute atomic E-state index is 14.1. The second-order valence-corrected chi connectivity index (χ2v) is 8.37. The molecular formula is C23H12ClF10N3O. The summed E-state index contributed by atoms with van der Waals surface area (Å²) >= 11 is 6.20. The summed E-state index contributed by atoms with van der Waals surface area (Å²) < 4.78 is 136. The molecule has 202 valence electrons. The lowest BCUT2D eigenvalue weighted by Gasteiger charge is -2.38. The van der Waals surface area contributed by atoms with Gasteiger partial charge in [0.1, 0.15) is 11.3 Å². The number of benzene rings is 3. The molecule has 4 rings (SSSR count). The highest BCUT2D eigenvalue weighted by atomic mass is 35.5. The molecule has 1 N–H and O–H groups in total. The van der Waals surface area contributed by atoms with Gasteiger partial charge in [0, 0.05) is 31.9 Å². The lowest BCUT2D eigenvalue weighted by atomic mass is 10.1. The Labute approximate surface area is 212 Å². The van der Waals surface area contributed by atoms with Gasteiger partial charge in [-0.25, -0.2) is 43.9 Å². The second kappa shape index (κ2) is 10.2. The summed E-state index contributed by atoms with van der Waals surface area (Å²) in [5, 5.41) is 1.92. The third kappa shape index (κ3) is 4.57. The summed E-state index contributed by atoms with van der Waals surface area (Å²) in [6.07, 6.45) is 0. The largest absolute Gasteiger partial charge is 0.367 e. The first-order valence-electron chi connectivity index (χ1n) is 10.5. The highest BCUT2D eigenvalue weighted by molar-refractivity contribution is 6.33. The Morgan fingerprint density at radius 3 is 1.53 bits per heavy atom. The number of hydrogen-bond acceptors (Lipinski definition) is 3. The average Bonchev–Trinajstić information content (AvgIpc) is 2.89. The van der Waals surface area contributed by atoms with Gasteiger partial charge in [-0.05, 0) is 18.2 Å². The molecule has 1 saturated heterocycles. The molecule has 1 amide bonds. The first-order chi connectivity index (χ1) is 17.8. The predicted molar refractivity (Wildman–Crippen MR) is 116 cm³/mol. The van der Waals surface area contributed by atoms with E-state index in [9.17, 15) is 48.7 Å². The molecular weight excluding hydrogens is 560 g/mol. The number of piperazine rings is 1. The summed E-state index contributed by atoms with van der Waals surface area (Å²) in [6.45, 7) is -0.328. The van der Waals surface area contributed by atoms with Crippen LogP contribution >= 0.6 is 11.6 Å². The minimum atomic E-state index is -2.43. The first-order valence-corrected chi connectivity index (χ1v) is 10.9. The van der Waals surface area contributed by atoms with Crippen LogP contribution in [0.3, 0.4) is 0 Å². The minimum Gasteiger partial charge on any atom is -0.367 e. The molecule has 1 aliphatic rings. The third-order valence-corrected chi connectivity index (χ3v) is 6.07. The van der Waals surface area contributed by atoms with E-state index in [-0.39, 0.29) is 36.9 Å². The quantitative estimate of drug-likeness (QED) is 0.227. The molecule has 3 aromatic carbocycles. The van der Waals surface area contributed by atoms with Crippen molar-refractivity contribution in [2.45, 2.75) is 0 Å². The molecule has 0 bridgehead atoms. The van der Waals surface area contributed by atoms with Gasteiger partial charge in [0.25, 0.3) is 5.91 Å². The Morgan fingerprint density at radius 1 is 0.632 bits per heavy atom. The zero-order valence-electron chi connectivity index (χ0n) is 18.5. The lowest BCUT2D eigenvalue weighted by Crippen LogP contribution is -2.47. The van der Waals surface area contributed by atoms with Gasteiger partial charge >= 0.3 is 0 Å². The van der Waals surface area contributed by atoms with E-state index in [1.165, 1.54) is 12.1 Å². The average molecular weight is 572 g/mol. The van der Waals surface area contributed by atoms with Crippen molar-refractivity contribution in [2.24, 2.45) is 0 Å². The molecule has 3 aromatic rings. The molecule has 0 unspecified atom stereocenters. The van der Waals surface area contributed by atoms with Crippen molar-refractivity contribution in [1.29, 1.82) is 0 Å². The van der Waals surface area contributed by atoms with E-state index >= 15 is 0 Å². The van der Waals surface area contributed by atoms with Crippen LogP contribution in [-0.4, -0.2) is 32.1 Å². The molecule has 0 atom stereocenters. The van der Waals surface area contributed by atoms with Crippen molar-refractivity contribution in [2.75, 3.05) is 41.3 Å². The van der Waals surface area contributed by atoms with E-state index in [4.69, 9.17) is 11.6 Å². The number of amides is 1. The number of carbonyl (C=O) groups is 1. The molecule has 1 aliphatic heterocycles. The minimum absolute atomic E-state index is 0.00940. The molecule has 1 heterocycles. The van der Waals surface area contributed by atoms with Crippen molar-refractivity contribution in [1.82, 2.24) is 0 Å². The monoisotopic (exact) mass is 571 g/mol. The Kier molecular flexibility index (Phi) is 7.37. The summed E-state index contributed by atoms with van der Waals surface area (Å²) in [7, 11) is 0. The second-order valence-electron chi connectivity index (χ2n) is 7.96. The summed E-state index contributed by atoms with van der Waals surface area (Å²) in [5.41, 5.74) is -2.64. The van der Waals surface area contributed by atoms with Crippen LogP contribution in [0.25, 0.3) is 0 Å². The first kappa shape index (κ1) is 27.4. The summed E-state index contributed by atoms with van der Waals surface area (Å²) in [4.78, 5) is 14.8. The zero-order valence-corrected chi connectivity index (χ0v) is 19.3. The molecule has 4 nitrogen and oxygen atoms in total. The highest BCUT2D eigenvalue weighted by Gasteiger charge is 2.32. The fourth-order valence-electron chi connectivity index (χ4n) is 3.88. The number of halogens is 11. The van der Waals surface area contributed by atoms with Crippen LogP contribution in [0.4, 0.5) is 61.0 Å². The van der Waals surface area contributed by atoms with Crippen LogP contribution in [0.1, 0.15) is 10.4 Å². The van der Waals surface area contributed by atoms with E-state index in [2.05, 4.69) is 0 Å². The smallest absolute Gasteiger partial charge is 0.261 e. The van der Waals surface area contributed by atoms with E-state index in [0.29, 0.717) is 5.69 Å². The van der Waals surface area contributed by atoms with Crippen LogP contribution in [0, 0.1) is 58.2 Å². The van der Waals surface area contributed by atoms with Gasteiger partial charge in [0.15, 0.2) is 46.5 Å². The molecule has 0 spiro atoms. The normalized spacial score (nSPS) is 13.8. The number of carbonyl (C=O) groups excluding carboxylic acids is 1. The lowest BCUT2D eigenvalue weighted by molar-refractivity contribution is 0.101. The predicted octanol–water partition coefficient (Wildman–Crippen LogP) is 6.31. The molecule has 1 fully saturated rings. The van der Waals surface area contributed by atoms with Crippen molar-refractivity contribution in [3.63, 3.8) is 0 Å². The van der Waals surface area contributed by atoms with Crippen molar-refractivity contribution < 1.29 is 48.7 Å². The van der Waals surface area contributed by atoms with E-state index in [1.54, 1.807) is 4.90 Å². The molecule has 0 aromatic heterocycles. The SMILES string of the molecule is O=C(Nc1ccc(N2CCN(c3c(F)c(F)c(F)c(F)c3F)CC2)c(Cl)c1)c1c(F)c(F)c(F)c(F)c1F. The van der Waals surface area contributed by atoms with Gasteiger partial charge in [-0.3, -0.25) is 4.79 Å². The van der Waals surface area contributed by atoms with Gasteiger partial charge < -0.3 is 15.1 Å². The number of anilines is 3. The van der Waals surface area contributed by atoms with Crippen molar-refractivity contribution >= 4 is 34.6 Å². The van der Waals surface area contributed by atoms with Gasteiger partial charge in [-0.15, -0.1) is 0 Å². The number of nitrogens with zero attached hydrogens (tertiary/aromatic N) is 2. The Morgan fingerprint density at radius 2 is 1.05 bits per heavy atom. The highest BCUT2D eigenvalue weighted by Crippen LogP contribution is 2.34. The molecule has 0 aliphatic carbocycles.